The molecule has 0 unspecified atom stereocenters. The molecule has 1 aliphatic rings. The summed E-state index contributed by atoms with van der Waals surface area (Å²) >= 11 is 1.77. The quantitative estimate of drug-likeness (QED) is 0.787. The van der Waals surface area contributed by atoms with Crippen LogP contribution in [-0.4, -0.2) is 20.5 Å². The van der Waals surface area contributed by atoms with Gasteiger partial charge in [0.15, 0.2) is 5.82 Å². The first-order valence-electron chi connectivity index (χ1n) is 7.22. The zero-order chi connectivity index (χ0) is 14.2. The minimum Gasteiger partial charge on any atom is -0.390 e. The zero-order valence-corrected chi connectivity index (χ0v) is 12.5. The van der Waals surface area contributed by atoms with E-state index in [0.29, 0.717) is 6.04 Å². The minimum atomic E-state index is 0.00811. The number of rotatable bonds is 5. The summed E-state index contributed by atoms with van der Waals surface area (Å²) in [5, 5.41) is 11.9. The second kappa shape index (κ2) is 5.16. The summed E-state index contributed by atoms with van der Waals surface area (Å²) in [6.07, 6.45) is 4.39. The maximum absolute atomic E-state index is 9.80. The Hall–Kier alpha value is -1.85. The van der Waals surface area contributed by atoms with Crippen molar-refractivity contribution in [2.45, 2.75) is 32.0 Å². The molecule has 4 nitrogen and oxygen atoms in total. The number of pyridine rings is 1. The van der Waals surface area contributed by atoms with Crippen LogP contribution in [0.25, 0.3) is 5.65 Å². The van der Waals surface area contributed by atoms with Crippen molar-refractivity contribution in [3.05, 3.63) is 52.5 Å². The van der Waals surface area contributed by atoms with E-state index in [0.717, 1.165) is 23.7 Å². The number of aromatic nitrogens is 2. The van der Waals surface area contributed by atoms with Crippen molar-refractivity contribution in [2.75, 3.05) is 4.90 Å². The average molecular weight is 299 g/mol. The summed E-state index contributed by atoms with van der Waals surface area (Å²) in [6, 6.07) is 10.7. The van der Waals surface area contributed by atoms with Crippen LogP contribution in [0.4, 0.5) is 5.82 Å². The zero-order valence-electron chi connectivity index (χ0n) is 11.6. The van der Waals surface area contributed by atoms with E-state index in [4.69, 9.17) is 4.98 Å². The van der Waals surface area contributed by atoms with Gasteiger partial charge in [0.2, 0.25) is 0 Å². The van der Waals surface area contributed by atoms with E-state index >= 15 is 0 Å². The van der Waals surface area contributed by atoms with Crippen molar-refractivity contribution in [2.24, 2.45) is 0 Å². The number of hydrogen-bond acceptors (Lipinski definition) is 4. The molecule has 0 radical (unpaired) electrons. The standard InChI is InChI=1S/C16H17N3OS/c20-11-14-16(17-15-5-1-2-8-18(14)15)19(12-6-7-12)10-13-4-3-9-21-13/h1-5,8-9,12,20H,6-7,10-11H2. The van der Waals surface area contributed by atoms with Crippen molar-refractivity contribution in [1.82, 2.24) is 9.38 Å². The predicted molar refractivity (Wildman–Crippen MR) is 84.6 cm³/mol. The molecular weight excluding hydrogens is 282 g/mol. The summed E-state index contributed by atoms with van der Waals surface area (Å²) in [6.45, 7) is 0.882. The fourth-order valence-electron chi connectivity index (χ4n) is 2.74. The number of thiophene rings is 1. The Bertz CT molecular complexity index is 746. The van der Waals surface area contributed by atoms with Crippen LogP contribution in [0.2, 0.25) is 0 Å². The van der Waals surface area contributed by atoms with Crippen molar-refractivity contribution in [3.63, 3.8) is 0 Å². The minimum absolute atomic E-state index is 0.00811. The first kappa shape index (κ1) is 12.9. The fraction of sp³-hybridized carbons (Fsp3) is 0.312. The SMILES string of the molecule is OCc1c(N(Cc2cccs2)C2CC2)nc2ccccn12. The Balaban J connectivity index is 1.78. The van der Waals surface area contributed by atoms with Crippen LogP contribution in [0.5, 0.6) is 0 Å². The summed E-state index contributed by atoms with van der Waals surface area (Å²) in [5.41, 5.74) is 1.78. The van der Waals surface area contributed by atoms with E-state index in [9.17, 15) is 5.11 Å². The van der Waals surface area contributed by atoms with Gasteiger partial charge in [-0.05, 0) is 36.4 Å². The molecule has 108 valence electrons. The molecule has 0 spiro atoms. The Morgan fingerprint density at radius 1 is 1.29 bits per heavy atom. The molecule has 0 atom stereocenters. The van der Waals surface area contributed by atoms with E-state index in [2.05, 4.69) is 22.4 Å². The topological polar surface area (TPSA) is 40.8 Å². The number of aliphatic hydroxyl groups excluding tert-OH is 1. The van der Waals surface area contributed by atoms with E-state index in [-0.39, 0.29) is 6.61 Å². The molecule has 1 N–H and O–H groups in total. The van der Waals surface area contributed by atoms with E-state index in [1.807, 2.05) is 28.8 Å². The van der Waals surface area contributed by atoms with Gasteiger partial charge >= 0.3 is 0 Å². The maximum atomic E-state index is 9.80. The highest BCUT2D eigenvalue weighted by atomic mass is 32.1. The van der Waals surface area contributed by atoms with Gasteiger partial charge in [-0.15, -0.1) is 11.3 Å². The molecule has 5 heteroatoms. The third-order valence-electron chi connectivity index (χ3n) is 3.92. The lowest BCUT2D eigenvalue weighted by Gasteiger charge is -2.22. The Morgan fingerprint density at radius 2 is 2.19 bits per heavy atom. The van der Waals surface area contributed by atoms with Crippen LogP contribution in [-0.2, 0) is 13.2 Å². The molecule has 0 aromatic carbocycles. The van der Waals surface area contributed by atoms with Gasteiger partial charge in [-0.25, -0.2) is 4.98 Å². The number of nitrogens with zero attached hydrogens (tertiary/aromatic N) is 3. The molecule has 0 aliphatic heterocycles. The Labute approximate surface area is 127 Å². The van der Waals surface area contributed by atoms with Gasteiger partial charge in [0.05, 0.1) is 18.8 Å². The number of anilines is 1. The molecule has 3 aromatic heterocycles. The maximum Gasteiger partial charge on any atom is 0.154 e. The molecule has 1 saturated carbocycles. The average Bonchev–Trinajstić information content (AvgIpc) is 3.10. The van der Waals surface area contributed by atoms with Gasteiger partial charge in [-0.3, -0.25) is 4.40 Å². The van der Waals surface area contributed by atoms with Crippen molar-refractivity contribution in [3.8, 4) is 0 Å². The lowest BCUT2D eigenvalue weighted by Crippen LogP contribution is -2.26. The van der Waals surface area contributed by atoms with Crippen LogP contribution < -0.4 is 4.90 Å². The van der Waals surface area contributed by atoms with Gasteiger partial charge in [0, 0.05) is 17.1 Å². The summed E-state index contributed by atoms with van der Waals surface area (Å²) in [7, 11) is 0. The van der Waals surface area contributed by atoms with Crippen molar-refractivity contribution >= 4 is 22.8 Å². The normalized spacial score (nSPS) is 14.7. The van der Waals surface area contributed by atoms with Crippen LogP contribution in [0.3, 0.4) is 0 Å². The van der Waals surface area contributed by atoms with E-state index in [1.165, 1.54) is 17.7 Å². The number of aliphatic hydroxyl groups is 1. The summed E-state index contributed by atoms with van der Waals surface area (Å²) in [5.74, 6) is 0.930. The molecule has 0 saturated heterocycles. The monoisotopic (exact) mass is 299 g/mol. The van der Waals surface area contributed by atoms with Crippen LogP contribution in [0.15, 0.2) is 41.9 Å². The Kier molecular flexibility index (Phi) is 3.16. The molecule has 3 heterocycles. The van der Waals surface area contributed by atoms with Crippen LogP contribution in [0.1, 0.15) is 23.4 Å². The van der Waals surface area contributed by atoms with Crippen LogP contribution >= 0.6 is 11.3 Å². The van der Waals surface area contributed by atoms with Gasteiger partial charge < -0.3 is 10.0 Å². The van der Waals surface area contributed by atoms with Crippen LogP contribution in [0, 0.1) is 0 Å². The molecule has 0 bridgehead atoms. The molecule has 21 heavy (non-hydrogen) atoms. The fourth-order valence-corrected chi connectivity index (χ4v) is 3.45. The summed E-state index contributed by atoms with van der Waals surface area (Å²) < 4.78 is 1.99. The highest BCUT2D eigenvalue weighted by Crippen LogP contribution is 2.35. The van der Waals surface area contributed by atoms with E-state index in [1.54, 1.807) is 11.3 Å². The molecule has 4 rings (SSSR count). The lowest BCUT2D eigenvalue weighted by atomic mass is 10.3. The second-order valence-corrected chi connectivity index (χ2v) is 6.44. The highest BCUT2D eigenvalue weighted by molar-refractivity contribution is 7.09. The van der Waals surface area contributed by atoms with Gasteiger partial charge in [0.25, 0.3) is 0 Å². The molecule has 1 fully saturated rings. The first-order valence-corrected chi connectivity index (χ1v) is 8.10. The van der Waals surface area contributed by atoms with Gasteiger partial charge in [-0.1, -0.05) is 12.1 Å². The Morgan fingerprint density at radius 3 is 2.90 bits per heavy atom. The third-order valence-corrected chi connectivity index (χ3v) is 4.78. The summed E-state index contributed by atoms with van der Waals surface area (Å²) in [4.78, 5) is 8.45. The third kappa shape index (κ3) is 2.32. The number of fused-ring (bicyclic) bond motifs is 1. The molecule has 1 aliphatic carbocycles. The van der Waals surface area contributed by atoms with Crippen molar-refractivity contribution in [1.29, 1.82) is 0 Å². The smallest absolute Gasteiger partial charge is 0.154 e. The number of hydrogen-bond donors (Lipinski definition) is 1. The second-order valence-electron chi connectivity index (χ2n) is 5.41. The molecular formula is C16H17N3OS. The van der Waals surface area contributed by atoms with Gasteiger partial charge in [-0.2, -0.15) is 0 Å². The number of imidazole rings is 1. The largest absolute Gasteiger partial charge is 0.390 e. The van der Waals surface area contributed by atoms with Gasteiger partial charge in [0.1, 0.15) is 5.65 Å². The lowest BCUT2D eigenvalue weighted by molar-refractivity contribution is 0.276. The highest BCUT2D eigenvalue weighted by Gasteiger charge is 2.32. The van der Waals surface area contributed by atoms with E-state index < -0.39 is 0 Å². The van der Waals surface area contributed by atoms with Crippen molar-refractivity contribution < 1.29 is 5.11 Å². The molecule has 0 amide bonds. The molecule has 3 aromatic rings. The first-order chi connectivity index (χ1) is 10.4. The predicted octanol–water partition coefficient (Wildman–Crippen LogP) is 3.06.